The van der Waals surface area contributed by atoms with Crippen LogP contribution >= 0.6 is 11.6 Å². The highest BCUT2D eigenvalue weighted by Gasteiger charge is 2.16. The number of carbonyl (C=O) groups is 1. The number of aromatic carboxylic acids is 1. The third-order valence-electron chi connectivity index (χ3n) is 2.88. The maximum absolute atomic E-state index is 11.1. The predicted molar refractivity (Wildman–Crippen MR) is 77.3 cm³/mol. The first-order chi connectivity index (χ1) is 9.54. The van der Waals surface area contributed by atoms with Crippen LogP contribution in [-0.4, -0.2) is 30.2 Å². The van der Waals surface area contributed by atoms with Crippen molar-refractivity contribution in [2.75, 3.05) is 19.1 Å². The van der Waals surface area contributed by atoms with E-state index in [2.05, 4.69) is 4.98 Å². The van der Waals surface area contributed by atoms with Crippen molar-refractivity contribution in [1.29, 1.82) is 0 Å². The molecule has 0 amide bonds. The largest absolute Gasteiger partial charge is 0.497 e. The van der Waals surface area contributed by atoms with Gasteiger partial charge in [0.15, 0.2) is 5.82 Å². The van der Waals surface area contributed by atoms with E-state index in [0.717, 1.165) is 11.4 Å². The summed E-state index contributed by atoms with van der Waals surface area (Å²) in [6.07, 6.45) is 1.42. The molecule has 0 radical (unpaired) electrons. The Hall–Kier alpha value is -2.27. The van der Waals surface area contributed by atoms with Crippen LogP contribution in [0.2, 0.25) is 5.02 Å². The topological polar surface area (TPSA) is 62.7 Å². The third-order valence-corrected chi connectivity index (χ3v) is 3.25. The molecule has 20 heavy (non-hydrogen) atoms. The van der Waals surface area contributed by atoms with Crippen LogP contribution < -0.4 is 9.64 Å². The van der Waals surface area contributed by atoms with Crippen LogP contribution in [0.4, 0.5) is 11.5 Å². The van der Waals surface area contributed by atoms with Crippen LogP contribution in [0.25, 0.3) is 0 Å². The number of rotatable bonds is 4. The van der Waals surface area contributed by atoms with Crippen molar-refractivity contribution in [3.8, 4) is 5.75 Å². The van der Waals surface area contributed by atoms with Crippen LogP contribution in [0, 0.1) is 0 Å². The van der Waals surface area contributed by atoms with Crippen molar-refractivity contribution in [1.82, 2.24) is 4.98 Å². The minimum absolute atomic E-state index is 0.0250. The van der Waals surface area contributed by atoms with Crippen molar-refractivity contribution >= 4 is 29.1 Å². The molecular formula is C14H13ClN2O3. The Morgan fingerprint density at radius 2 is 1.95 bits per heavy atom. The smallest absolute Gasteiger partial charge is 0.337 e. The lowest BCUT2D eigenvalue weighted by Crippen LogP contribution is -2.13. The predicted octanol–water partition coefficient (Wildman–Crippen LogP) is 3.21. The van der Waals surface area contributed by atoms with Gasteiger partial charge in [0, 0.05) is 18.9 Å². The molecule has 0 bridgehead atoms. The van der Waals surface area contributed by atoms with Crippen molar-refractivity contribution in [3.63, 3.8) is 0 Å². The minimum Gasteiger partial charge on any atom is -0.497 e. The average molecular weight is 293 g/mol. The number of carboxylic acid groups (broad SMARTS) is 1. The molecule has 0 saturated heterocycles. The number of aromatic nitrogens is 1. The van der Waals surface area contributed by atoms with Crippen molar-refractivity contribution in [3.05, 3.63) is 47.1 Å². The molecule has 5 nitrogen and oxygen atoms in total. The number of benzene rings is 1. The molecule has 104 valence electrons. The fourth-order valence-electron chi connectivity index (χ4n) is 1.76. The van der Waals surface area contributed by atoms with Crippen molar-refractivity contribution < 1.29 is 14.6 Å². The molecule has 1 N–H and O–H groups in total. The Morgan fingerprint density at radius 1 is 1.30 bits per heavy atom. The van der Waals surface area contributed by atoms with E-state index in [0.29, 0.717) is 5.82 Å². The molecular weight excluding hydrogens is 280 g/mol. The van der Waals surface area contributed by atoms with Gasteiger partial charge in [0.1, 0.15) is 5.75 Å². The van der Waals surface area contributed by atoms with Gasteiger partial charge in [-0.05, 0) is 30.3 Å². The zero-order valence-electron chi connectivity index (χ0n) is 11.0. The Morgan fingerprint density at radius 3 is 2.50 bits per heavy atom. The summed E-state index contributed by atoms with van der Waals surface area (Å²) in [5, 5.41) is 9.17. The molecule has 0 aliphatic heterocycles. The molecule has 0 spiro atoms. The SMILES string of the molecule is COc1ccc(N(C)c2nccc(C(=O)O)c2Cl)cc1. The number of pyridine rings is 1. The number of hydrogen-bond donors (Lipinski definition) is 1. The normalized spacial score (nSPS) is 10.2. The van der Waals surface area contributed by atoms with Crippen molar-refractivity contribution in [2.24, 2.45) is 0 Å². The Bertz CT molecular complexity index is 629. The molecule has 0 unspecified atom stereocenters. The first kappa shape index (κ1) is 14.1. The molecule has 6 heteroatoms. The number of carboxylic acids is 1. The van der Waals surface area contributed by atoms with Crippen LogP contribution in [0.15, 0.2) is 36.5 Å². The van der Waals surface area contributed by atoms with E-state index < -0.39 is 5.97 Å². The highest BCUT2D eigenvalue weighted by Crippen LogP contribution is 2.31. The van der Waals surface area contributed by atoms with Gasteiger partial charge in [-0.25, -0.2) is 9.78 Å². The third kappa shape index (κ3) is 2.67. The maximum atomic E-state index is 11.1. The number of hydrogen-bond acceptors (Lipinski definition) is 4. The molecule has 1 aromatic carbocycles. The number of nitrogens with zero attached hydrogens (tertiary/aromatic N) is 2. The summed E-state index contributed by atoms with van der Waals surface area (Å²) in [6, 6.07) is 8.66. The molecule has 0 saturated carbocycles. The minimum atomic E-state index is -1.08. The van der Waals surface area contributed by atoms with E-state index in [9.17, 15) is 4.79 Å². The highest BCUT2D eigenvalue weighted by atomic mass is 35.5. The first-order valence-corrected chi connectivity index (χ1v) is 6.18. The summed E-state index contributed by atoms with van der Waals surface area (Å²) in [7, 11) is 3.36. The lowest BCUT2D eigenvalue weighted by Gasteiger charge is -2.20. The second kappa shape index (κ2) is 5.79. The van der Waals surface area contributed by atoms with Gasteiger partial charge in [-0.15, -0.1) is 0 Å². The number of ether oxygens (including phenoxy) is 1. The quantitative estimate of drug-likeness (QED) is 0.937. The van der Waals surface area contributed by atoms with Gasteiger partial charge in [0.2, 0.25) is 0 Å². The van der Waals surface area contributed by atoms with E-state index in [1.807, 2.05) is 12.1 Å². The summed E-state index contributed by atoms with van der Waals surface area (Å²) in [5.74, 6) is 0.0407. The lowest BCUT2D eigenvalue weighted by molar-refractivity contribution is 0.0697. The Labute approximate surface area is 121 Å². The molecule has 0 aliphatic rings. The van der Waals surface area contributed by atoms with E-state index in [-0.39, 0.29) is 10.6 Å². The first-order valence-electron chi connectivity index (χ1n) is 5.80. The average Bonchev–Trinajstić information content (AvgIpc) is 2.46. The molecule has 1 heterocycles. The van der Waals surface area contributed by atoms with Crippen LogP contribution in [0.3, 0.4) is 0 Å². The van der Waals surface area contributed by atoms with Crippen LogP contribution in [-0.2, 0) is 0 Å². The summed E-state index contributed by atoms with van der Waals surface area (Å²) < 4.78 is 5.09. The van der Waals surface area contributed by atoms with Gasteiger partial charge in [-0.2, -0.15) is 0 Å². The number of methoxy groups -OCH3 is 1. The standard InChI is InChI=1S/C14H13ClN2O3/c1-17(9-3-5-10(20-2)6-4-9)13-12(15)11(14(18)19)7-8-16-13/h3-8H,1-2H3,(H,18,19). The van der Waals surface area contributed by atoms with Gasteiger partial charge in [0.05, 0.1) is 17.7 Å². The van der Waals surface area contributed by atoms with Crippen LogP contribution in [0.1, 0.15) is 10.4 Å². The van der Waals surface area contributed by atoms with E-state index in [1.54, 1.807) is 31.2 Å². The molecule has 2 rings (SSSR count). The molecule has 0 aliphatic carbocycles. The zero-order chi connectivity index (χ0) is 14.7. The number of halogens is 1. The molecule has 2 aromatic rings. The summed E-state index contributed by atoms with van der Waals surface area (Å²) in [5.41, 5.74) is 0.847. The van der Waals surface area contributed by atoms with Gasteiger partial charge < -0.3 is 14.7 Å². The van der Waals surface area contributed by atoms with Gasteiger partial charge >= 0.3 is 5.97 Å². The summed E-state index contributed by atoms with van der Waals surface area (Å²) in [4.78, 5) is 16.9. The summed E-state index contributed by atoms with van der Waals surface area (Å²) in [6.45, 7) is 0. The van der Waals surface area contributed by atoms with Crippen molar-refractivity contribution in [2.45, 2.75) is 0 Å². The van der Waals surface area contributed by atoms with E-state index in [1.165, 1.54) is 12.3 Å². The fourth-order valence-corrected chi connectivity index (χ4v) is 2.08. The summed E-state index contributed by atoms with van der Waals surface area (Å²) >= 11 is 6.10. The molecule has 1 aromatic heterocycles. The van der Waals surface area contributed by atoms with Gasteiger partial charge in [0.25, 0.3) is 0 Å². The second-order valence-electron chi connectivity index (χ2n) is 4.06. The Balaban J connectivity index is 2.39. The van der Waals surface area contributed by atoms with E-state index >= 15 is 0 Å². The highest BCUT2D eigenvalue weighted by molar-refractivity contribution is 6.35. The van der Waals surface area contributed by atoms with Gasteiger partial charge in [-0.3, -0.25) is 0 Å². The molecule has 0 atom stereocenters. The lowest BCUT2D eigenvalue weighted by atomic mass is 10.2. The van der Waals surface area contributed by atoms with Gasteiger partial charge in [-0.1, -0.05) is 11.6 Å². The fraction of sp³-hybridized carbons (Fsp3) is 0.143. The van der Waals surface area contributed by atoms with Crippen LogP contribution in [0.5, 0.6) is 5.75 Å². The molecule has 0 fully saturated rings. The zero-order valence-corrected chi connectivity index (χ0v) is 11.8. The maximum Gasteiger partial charge on any atom is 0.337 e. The Kier molecular flexibility index (Phi) is 4.10. The number of anilines is 2. The second-order valence-corrected chi connectivity index (χ2v) is 4.44. The van der Waals surface area contributed by atoms with E-state index in [4.69, 9.17) is 21.4 Å². The monoisotopic (exact) mass is 292 g/mol.